The van der Waals surface area contributed by atoms with E-state index in [1.807, 2.05) is 18.2 Å². The first-order valence-corrected chi connectivity index (χ1v) is 6.87. The number of nitrogens with zero attached hydrogens (tertiary/aromatic N) is 2. The van der Waals surface area contributed by atoms with Gasteiger partial charge >= 0.3 is 0 Å². The molecule has 3 heteroatoms. The molecule has 3 nitrogen and oxygen atoms in total. The van der Waals surface area contributed by atoms with Crippen LogP contribution in [-0.2, 0) is 19.9 Å². The summed E-state index contributed by atoms with van der Waals surface area (Å²) in [7, 11) is 2.05. The van der Waals surface area contributed by atoms with Crippen molar-refractivity contribution in [3.8, 4) is 0 Å². The Hall–Kier alpha value is -2.13. The Morgan fingerprint density at radius 3 is 2.60 bits per heavy atom. The van der Waals surface area contributed by atoms with Crippen molar-refractivity contribution in [2.24, 2.45) is 7.05 Å². The molecule has 0 atom stereocenters. The first kappa shape index (κ1) is 12.9. The van der Waals surface area contributed by atoms with Crippen LogP contribution in [0.25, 0.3) is 11.0 Å². The monoisotopic (exact) mass is 266 g/mol. The second kappa shape index (κ2) is 5.47. The van der Waals surface area contributed by atoms with Crippen molar-refractivity contribution in [1.29, 1.82) is 0 Å². The topological polar surface area (TPSA) is 38.0 Å². The van der Waals surface area contributed by atoms with Crippen LogP contribution < -0.4 is 0 Å². The van der Waals surface area contributed by atoms with Crippen LogP contribution in [0.3, 0.4) is 0 Å². The molecule has 0 saturated carbocycles. The zero-order chi connectivity index (χ0) is 13.9. The maximum Gasteiger partial charge on any atom is 0.114 e. The van der Waals surface area contributed by atoms with Gasteiger partial charge in [0.05, 0.1) is 11.0 Å². The largest absolute Gasteiger partial charge is 0.396 e. The van der Waals surface area contributed by atoms with Gasteiger partial charge in [-0.3, -0.25) is 0 Å². The maximum atomic E-state index is 9.04. The van der Waals surface area contributed by atoms with Gasteiger partial charge in [-0.1, -0.05) is 36.4 Å². The quantitative estimate of drug-likeness (QED) is 0.788. The number of benzene rings is 2. The summed E-state index contributed by atoms with van der Waals surface area (Å²) in [6, 6.07) is 16.6. The van der Waals surface area contributed by atoms with E-state index in [0.29, 0.717) is 6.42 Å². The molecule has 0 spiro atoms. The zero-order valence-corrected chi connectivity index (χ0v) is 11.6. The molecule has 102 valence electrons. The Bertz CT molecular complexity index is 716. The van der Waals surface area contributed by atoms with Gasteiger partial charge in [0.2, 0.25) is 0 Å². The van der Waals surface area contributed by atoms with E-state index in [-0.39, 0.29) is 6.61 Å². The molecule has 0 saturated heterocycles. The summed E-state index contributed by atoms with van der Waals surface area (Å²) >= 11 is 0. The predicted octanol–water partition coefficient (Wildman–Crippen LogP) is 2.70. The molecule has 20 heavy (non-hydrogen) atoms. The highest BCUT2D eigenvalue weighted by atomic mass is 16.2. The lowest BCUT2D eigenvalue weighted by atomic mass is 10.1. The Labute approximate surface area is 118 Å². The van der Waals surface area contributed by atoms with Gasteiger partial charge in [-0.05, 0) is 29.7 Å². The molecule has 1 aromatic heterocycles. The highest BCUT2D eigenvalue weighted by Crippen LogP contribution is 2.19. The van der Waals surface area contributed by atoms with E-state index in [0.717, 1.165) is 28.8 Å². The third-order valence-electron chi connectivity index (χ3n) is 3.64. The van der Waals surface area contributed by atoms with Gasteiger partial charge in [-0.15, -0.1) is 0 Å². The number of aliphatic hydroxyl groups is 1. The fraction of sp³-hybridized carbons (Fsp3) is 0.235. The van der Waals surface area contributed by atoms with Crippen LogP contribution in [0.5, 0.6) is 0 Å². The summed E-state index contributed by atoms with van der Waals surface area (Å²) < 4.78 is 2.14. The molecule has 1 N–H and O–H groups in total. The van der Waals surface area contributed by atoms with Gasteiger partial charge in [0.1, 0.15) is 5.82 Å². The number of rotatable bonds is 4. The Morgan fingerprint density at radius 1 is 1.05 bits per heavy atom. The van der Waals surface area contributed by atoms with Gasteiger partial charge in [0.25, 0.3) is 0 Å². The zero-order valence-electron chi connectivity index (χ0n) is 11.6. The second-order valence-corrected chi connectivity index (χ2v) is 5.05. The molecule has 0 unspecified atom stereocenters. The summed E-state index contributed by atoms with van der Waals surface area (Å²) in [4.78, 5) is 4.71. The molecule has 2 aromatic carbocycles. The fourth-order valence-electron chi connectivity index (χ4n) is 2.51. The fourth-order valence-corrected chi connectivity index (χ4v) is 2.51. The molecule has 0 aliphatic heterocycles. The molecule has 0 bridgehead atoms. The van der Waals surface area contributed by atoms with E-state index < -0.39 is 0 Å². The lowest BCUT2D eigenvalue weighted by Gasteiger charge is -2.03. The number of imidazole rings is 1. The minimum atomic E-state index is 0.181. The highest BCUT2D eigenvalue weighted by molar-refractivity contribution is 5.77. The number of hydrogen-bond donors (Lipinski definition) is 1. The Balaban J connectivity index is 1.98. The van der Waals surface area contributed by atoms with Crippen molar-refractivity contribution in [2.75, 3.05) is 6.61 Å². The van der Waals surface area contributed by atoms with Crippen LogP contribution in [0, 0.1) is 0 Å². The van der Waals surface area contributed by atoms with Gasteiger partial charge in [0, 0.05) is 20.1 Å². The number of aryl methyl sites for hydroxylation is 1. The lowest BCUT2D eigenvalue weighted by Crippen LogP contribution is -1.99. The van der Waals surface area contributed by atoms with E-state index in [9.17, 15) is 0 Å². The molecule has 3 rings (SSSR count). The normalized spacial score (nSPS) is 11.1. The molecule has 0 fully saturated rings. The number of aromatic nitrogens is 2. The van der Waals surface area contributed by atoms with Crippen molar-refractivity contribution in [3.05, 3.63) is 65.5 Å². The average Bonchev–Trinajstić information content (AvgIpc) is 2.77. The minimum absolute atomic E-state index is 0.181. The summed E-state index contributed by atoms with van der Waals surface area (Å²) in [6.45, 7) is 0.181. The van der Waals surface area contributed by atoms with Crippen LogP contribution in [0.4, 0.5) is 0 Å². The smallest absolute Gasteiger partial charge is 0.114 e. The van der Waals surface area contributed by atoms with Crippen molar-refractivity contribution in [1.82, 2.24) is 9.55 Å². The minimum Gasteiger partial charge on any atom is -0.396 e. The van der Waals surface area contributed by atoms with Crippen molar-refractivity contribution < 1.29 is 5.11 Å². The first-order valence-electron chi connectivity index (χ1n) is 6.87. The molecular formula is C17H18N2O. The van der Waals surface area contributed by atoms with Crippen LogP contribution >= 0.6 is 0 Å². The molecule has 1 heterocycles. The molecule has 0 aliphatic carbocycles. The van der Waals surface area contributed by atoms with Gasteiger partial charge in [-0.2, -0.15) is 0 Å². The van der Waals surface area contributed by atoms with Crippen LogP contribution in [0.2, 0.25) is 0 Å². The molecule has 3 aromatic rings. The van der Waals surface area contributed by atoms with Crippen molar-refractivity contribution >= 4 is 11.0 Å². The van der Waals surface area contributed by atoms with Gasteiger partial charge in [0.15, 0.2) is 0 Å². The van der Waals surface area contributed by atoms with E-state index in [1.54, 1.807) is 0 Å². The van der Waals surface area contributed by atoms with E-state index >= 15 is 0 Å². The molecule has 0 radical (unpaired) electrons. The number of aliphatic hydroxyl groups excluding tert-OH is 1. The van der Waals surface area contributed by atoms with Crippen LogP contribution in [0.15, 0.2) is 48.5 Å². The summed E-state index contributed by atoms with van der Waals surface area (Å²) in [5.74, 6) is 1.06. The van der Waals surface area contributed by atoms with Crippen LogP contribution in [-0.4, -0.2) is 21.3 Å². The van der Waals surface area contributed by atoms with Crippen molar-refractivity contribution in [3.63, 3.8) is 0 Å². The van der Waals surface area contributed by atoms with Crippen LogP contribution in [0.1, 0.15) is 17.0 Å². The highest BCUT2D eigenvalue weighted by Gasteiger charge is 2.08. The van der Waals surface area contributed by atoms with Gasteiger partial charge < -0.3 is 9.67 Å². The summed E-state index contributed by atoms with van der Waals surface area (Å²) in [5.41, 5.74) is 4.55. The summed E-state index contributed by atoms with van der Waals surface area (Å²) in [6.07, 6.45) is 1.52. The lowest BCUT2D eigenvalue weighted by molar-refractivity contribution is 0.299. The van der Waals surface area contributed by atoms with E-state index in [1.165, 1.54) is 5.56 Å². The third-order valence-corrected chi connectivity index (χ3v) is 3.64. The molecular weight excluding hydrogens is 248 g/mol. The predicted molar refractivity (Wildman–Crippen MR) is 80.8 cm³/mol. The second-order valence-electron chi connectivity index (χ2n) is 5.05. The van der Waals surface area contributed by atoms with E-state index in [2.05, 4.69) is 41.9 Å². The van der Waals surface area contributed by atoms with Gasteiger partial charge in [-0.25, -0.2) is 4.98 Å². The first-order chi connectivity index (χ1) is 9.78. The summed E-state index contributed by atoms with van der Waals surface area (Å²) in [5, 5.41) is 9.04. The van der Waals surface area contributed by atoms with Crippen molar-refractivity contribution in [2.45, 2.75) is 12.8 Å². The number of fused-ring (bicyclic) bond motifs is 1. The molecule has 0 aliphatic rings. The SMILES string of the molecule is Cn1c(Cc2ccccc2)nc2ccc(CCO)cc21. The number of hydrogen-bond acceptors (Lipinski definition) is 2. The maximum absolute atomic E-state index is 9.04. The third kappa shape index (κ3) is 2.45. The Morgan fingerprint density at radius 2 is 1.85 bits per heavy atom. The molecule has 0 amide bonds. The average molecular weight is 266 g/mol. The van der Waals surface area contributed by atoms with E-state index in [4.69, 9.17) is 10.1 Å². The standard InChI is InChI=1S/C17H18N2O/c1-19-16-11-14(9-10-20)7-8-15(16)18-17(19)12-13-5-3-2-4-6-13/h2-8,11,20H,9-10,12H2,1H3. The Kier molecular flexibility index (Phi) is 3.52.